The molecule has 1 fully saturated rings. The Kier molecular flexibility index (Phi) is 3.62. The van der Waals surface area contributed by atoms with Crippen LogP contribution in [0.1, 0.15) is 12.8 Å². The van der Waals surface area contributed by atoms with Gasteiger partial charge in [0, 0.05) is 28.2 Å². The highest BCUT2D eigenvalue weighted by Crippen LogP contribution is 2.34. The lowest BCUT2D eigenvalue weighted by atomic mass is 10.2. The number of aromatic amines is 1. The van der Waals surface area contributed by atoms with Crippen molar-refractivity contribution in [2.24, 2.45) is 0 Å². The number of fused-ring (bicyclic) bond motifs is 1. The molecule has 3 rings (SSSR count). The summed E-state index contributed by atoms with van der Waals surface area (Å²) in [5.41, 5.74) is 0.675. The van der Waals surface area contributed by atoms with Gasteiger partial charge in [-0.25, -0.2) is 8.42 Å². The van der Waals surface area contributed by atoms with Crippen LogP contribution in [0.15, 0.2) is 29.2 Å². The fourth-order valence-corrected chi connectivity index (χ4v) is 3.62. The summed E-state index contributed by atoms with van der Waals surface area (Å²) in [5, 5.41) is 0.532. The zero-order valence-corrected chi connectivity index (χ0v) is 12.2. The van der Waals surface area contributed by atoms with Crippen LogP contribution >= 0.6 is 10.7 Å². The Morgan fingerprint density at radius 1 is 1.40 bits per heavy atom. The van der Waals surface area contributed by atoms with Crippen LogP contribution in [0.25, 0.3) is 10.9 Å². The number of hydrogen-bond donors (Lipinski definition) is 1. The molecule has 1 aliphatic rings. The second kappa shape index (κ2) is 5.27. The third kappa shape index (κ3) is 2.63. The van der Waals surface area contributed by atoms with Gasteiger partial charge in [-0.05, 0) is 18.9 Å². The van der Waals surface area contributed by atoms with Gasteiger partial charge >= 0.3 is 0 Å². The molecule has 5 nitrogen and oxygen atoms in total. The average Bonchev–Trinajstić information content (AvgIpc) is 3.02. The first-order valence-corrected chi connectivity index (χ1v) is 8.66. The van der Waals surface area contributed by atoms with Crippen LogP contribution in [-0.2, 0) is 13.8 Å². The molecule has 1 atom stereocenters. The zero-order valence-electron chi connectivity index (χ0n) is 10.6. The summed E-state index contributed by atoms with van der Waals surface area (Å²) < 4.78 is 34.6. The molecular formula is C13H14ClNO4S. The summed E-state index contributed by atoms with van der Waals surface area (Å²) in [7, 11) is 1.63. The lowest BCUT2D eigenvalue weighted by Gasteiger charge is -2.10. The minimum Gasteiger partial charge on any atom is -0.475 e. The Labute approximate surface area is 121 Å². The maximum Gasteiger partial charge on any atom is 0.267 e. The maximum atomic E-state index is 11.8. The van der Waals surface area contributed by atoms with Crippen molar-refractivity contribution in [3.05, 3.63) is 24.3 Å². The van der Waals surface area contributed by atoms with Gasteiger partial charge in [0.25, 0.3) is 9.05 Å². The number of hydrogen-bond acceptors (Lipinski definition) is 4. The van der Waals surface area contributed by atoms with Crippen molar-refractivity contribution in [2.75, 3.05) is 13.2 Å². The summed E-state index contributed by atoms with van der Waals surface area (Å²) in [5.74, 6) is 0.178. The number of benzene rings is 1. The van der Waals surface area contributed by atoms with Gasteiger partial charge in [-0.2, -0.15) is 0 Å². The van der Waals surface area contributed by atoms with Crippen molar-refractivity contribution in [2.45, 2.75) is 23.8 Å². The molecule has 1 N–H and O–H groups in total. The fraction of sp³-hybridized carbons (Fsp3) is 0.385. The van der Waals surface area contributed by atoms with Crippen LogP contribution in [0, 0.1) is 0 Å². The molecule has 0 saturated carbocycles. The van der Waals surface area contributed by atoms with E-state index < -0.39 is 9.05 Å². The molecular weight excluding hydrogens is 302 g/mol. The fourth-order valence-electron chi connectivity index (χ4n) is 2.39. The van der Waals surface area contributed by atoms with E-state index >= 15 is 0 Å². The van der Waals surface area contributed by atoms with E-state index in [1.807, 2.05) is 6.07 Å². The molecule has 1 aliphatic heterocycles. The Balaban J connectivity index is 1.96. The molecule has 1 saturated heterocycles. The molecule has 2 aromatic rings. The molecule has 20 heavy (non-hydrogen) atoms. The van der Waals surface area contributed by atoms with Crippen LogP contribution in [-0.4, -0.2) is 32.7 Å². The highest BCUT2D eigenvalue weighted by molar-refractivity contribution is 8.14. The quantitative estimate of drug-likeness (QED) is 0.881. The van der Waals surface area contributed by atoms with Gasteiger partial charge in [0.2, 0.25) is 5.88 Å². The largest absolute Gasteiger partial charge is 0.475 e. The van der Waals surface area contributed by atoms with Crippen molar-refractivity contribution >= 4 is 30.6 Å². The molecule has 0 bridgehead atoms. The van der Waals surface area contributed by atoms with Gasteiger partial charge in [-0.3, -0.25) is 0 Å². The smallest absolute Gasteiger partial charge is 0.267 e. The van der Waals surface area contributed by atoms with Gasteiger partial charge in [0.15, 0.2) is 4.90 Å². The molecule has 108 valence electrons. The van der Waals surface area contributed by atoms with Crippen molar-refractivity contribution < 1.29 is 17.9 Å². The Bertz CT molecular complexity index is 719. The minimum absolute atomic E-state index is 0.00670. The monoisotopic (exact) mass is 315 g/mol. The molecule has 0 spiro atoms. The summed E-state index contributed by atoms with van der Waals surface area (Å²) >= 11 is 0. The number of rotatable bonds is 4. The topological polar surface area (TPSA) is 68.4 Å². The van der Waals surface area contributed by atoms with Crippen LogP contribution in [0.4, 0.5) is 0 Å². The van der Waals surface area contributed by atoms with E-state index in [-0.39, 0.29) is 16.9 Å². The average molecular weight is 316 g/mol. The normalized spacial score (nSPS) is 19.6. The van der Waals surface area contributed by atoms with E-state index in [1.54, 1.807) is 18.2 Å². The Hall–Kier alpha value is -1.24. The van der Waals surface area contributed by atoms with E-state index in [1.165, 1.54) is 0 Å². The van der Waals surface area contributed by atoms with Gasteiger partial charge in [-0.1, -0.05) is 18.2 Å². The summed E-state index contributed by atoms with van der Waals surface area (Å²) in [4.78, 5) is 2.95. The zero-order chi connectivity index (χ0) is 14.2. The second-order valence-corrected chi connectivity index (χ2v) is 7.22. The standard InChI is InChI=1S/C13H14ClNO4S/c14-20(16,17)12-10-5-1-2-6-11(10)15-13(12)19-8-9-4-3-7-18-9/h1-2,5-6,9,15H,3-4,7-8H2. The number of para-hydroxylation sites is 1. The second-order valence-electron chi connectivity index (χ2n) is 4.71. The first-order chi connectivity index (χ1) is 9.55. The van der Waals surface area contributed by atoms with Gasteiger partial charge in [0.1, 0.15) is 6.61 Å². The van der Waals surface area contributed by atoms with Crippen molar-refractivity contribution in [3.8, 4) is 5.88 Å². The SMILES string of the molecule is O=S(=O)(Cl)c1c(OCC2CCCO2)[nH]c2ccccc12. The highest BCUT2D eigenvalue weighted by atomic mass is 35.7. The number of halogens is 1. The number of ether oxygens (including phenoxy) is 2. The van der Waals surface area contributed by atoms with Crippen LogP contribution in [0.3, 0.4) is 0 Å². The molecule has 0 amide bonds. The third-order valence-electron chi connectivity index (χ3n) is 3.31. The van der Waals surface area contributed by atoms with Crippen molar-refractivity contribution in [3.63, 3.8) is 0 Å². The van der Waals surface area contributed by atoms with Crippen molar-refractivity contribution in [1.82, 2.24) is 4.98 Å². The van der Waals surface area contributed by atoms with Gasteiger partial charge in [-0.15, -0.1) is 0 Å². The Morgan fingerprint density at radius 3 is 2.90 bits per heavy atom. The van der Waals surface area contributed by atoms with Crippen LogP contribution in [0.2, 0.25) is 0 Å². The van der Waals surface area contributed by atoms with E-state index in [9.17, 15) is 8.42 Å². The first kappa shape index (κ1) is 13.7. The molecule has 2 heterocycles. The maximum absolute atomic E-state index is 11.8. The van der Waals surface area contributed by atoms with Gasteiger partial charge in [0.05, 0.1) is 6.10 Å². The molecule has 7 heteroatoms. The summed E-state index contributed by atoms with van der Waals surface area (Å²) in [6, 6.07) is 7.04. The number of nitrogens with one attached hydrogen (secondary N) is 1. The summed E-state index contributed by atoms with van der Waals surface area (Å²) in [6.45, 7) is 1.04. The molecule has 1 aromatic carbocycles. The van der Waals surface area contributed by atoms with E-state index in [4.69, 9.17) is 20.2 Å². The highest BCUT2D eigenvalue weighted by Gasteiger charge is 2.25. The van der Waals surface area contributed by atoms with E-state index in [0.717, 1.165) is 19.4 Å². The van der Waals surface area contributed by atoms with Crippen molar-refractivity contribution in [1.29, 1.82) is 0 Å². The molecule has 0 aliphatic carbocycles. The third-order valence-corrected chi connectivity index (χ3v) is 4.66. The lowest BCUT2D eigenvalue weighted by Crippen LogP contribution is -2.17. The first-order valence-electron chi connectivity index (χ1n) is 6.35. The predicted octanol–water partition coefficient (Wildman–Crippen LogP) is 2.65. The van der Waals surface area contributed by atoms with Crippen LogP contribution < -0.4 is 4.74 Å². The predicted molar refractivity (Wildman–Crippen MR) is 75.8 cm³/mol. The number of H-pyrrole nitrogens is 1. The number of aromatic nitrogens is 1. The van der Waals surface area contributed by atoms with E-state index in [2.05, 4.69) is 4.98 Å². The minimum atomic E-state index is -3.89. The summed E-state index contributed by atoms with van der Waals surface area (Å²) in [6.07, 6.45) is 1.93. The molecule has 1 unspecified atom stereocenters. The molecule has 0 radical (unpaired) electrons. The lowest BCUT2D eigenvalue weighted by molar-refractivity contribution is 0.0656. The molecule has 1 aromatic heterocycles. The van der Waals surface area contributed by atoms with Gasteiger partial charge < -0.3 is 14.5 Å². The van der Waals surface area contributed by atoms with Crippen LogP contribution in [0.5, 0.6) is 5.88 Å². The Morgan fingerprint density at radius 2 is 2.20 bits per heavy atom. The van der Waals surface area contributed by atoms with E-state index in [0.29, 0.717) is 17.5 Å².